The van der Waals surface area contributed by atoms with Gasteiger partial charge in [-0.1, -0.05) is 24.3 Å². The molecule has 0 saturated carbocycles. The molecule has 31 heavy (non-hydrogen) atoms. The molecule has 0 atom stereocenters. The molecule has 0 bridgehead atoms. The van der Waals surface area contributed by atoms with Crippen molar-refractivity contribution in [3.63, 3.8) is 0 Å². The highest BCUT2D eigenvalue weighted by Gasteiger charge is 2.24. The van der Waals surface area contributed by atoms with Gasteiger partial charge in [-0.05, 0) is 85.9 Å². The van der Waals surface area contributed by atoms with Gasteiger partial charge in [0.25, 0.3) is 0 Å². The predicted molar refractivity (Wildman–Crippen MR) is 124 cm³/mol. The molecule has 0 aliphatic heterocycles. The number of carbonyl (C=O) groups excluding carboxylic acids is 2. The fraction of sp³-hybridized carbons (Fsp3) is 0.667. The standard InChI is InChI=1S/C24H41N3O4/c1-22(2,3)30-20(28)26-15-13-18-9-11-19(12-10-18)17-25-16-14-24(7,8)27-21(29)31-23(4,5)6/h9-12,25H,13-17H2,1-8H3,(H,26,28)(H,27,29). The number of hydrogen-bond acceptors (Lipinski definition) is 5. The summed E-state index contributed by atoms with van der Waals surface area (Å²) in [6.45, 7) is 17.1. The number of rotatable bonds is 9. The van der Waals surface area contributed by atoms with E-state index in [2.05, 4.69) is 40.2 Å². The van der Waals surface area contributed by atoms with Gasteiger partial charge in [-0.2, -0.15) is 0 Å². The zero-order valence-electron chi connectivity index (χ0n) is 20.5. The van der Waals surface area contributed by atoms with Gasteiger partial charge >= 0.3 is 12.2 Å². The third kappa shape index (κ3) is 13.6. The molecule has 1 aromatic rings. The molecule has 0 aliphatic carbocycles. The van der Waals surface area contributed by atoms with Gasteiger partial charge < -0.3 is 25.4 Å². The molecule has 2 amide bonds. The van der Waals surface area contributed by atoms with E-state index < -0.39 is 23.4 Å². The van der Waals surface area contributed by atoms with E-state index in [0.29, 0.717) is 6.54 Å². The third-order valence-electron chi connectivity index (χ3n) is 4.20. The predicted octanol–water partition coefficient (Wildman–Crippen LogP) is 4.54. The van der Waals surface area contributed by atoms with Crippen LogP contribution in [0.25, 0.3) is 0 Å². The van der Waals surface area contributed by atoms with Crippen LogP contribution in [0.5, 0.6) is 0 Å². The van der Waals surface area contributed by atoms with Crippen LogP contribution >= 0.6 is 0 Å². The molecule has 0 spiro atoms. The molecule has 3 N–H and O–H groups in total. The minimum atomic E-state index is -0.504. The van der Waals surface area contributed by atoms with Crippen molar-refractivity contribution in [3.8, 4) is 0 Å². The van der Waals surface area contributed by atoms with Crippen molar-refractivity contribution >= 4 is 12.2 Å². The number of carbonyl (C=O) groups is 2. The lowest BCUT2D eigenvalue weighted by Crippen LogP contribution is -2.47. The molecule has 7 nitrogen and oxygen atoms in total. The highest BCUT2D eigenvalue weighted by Crippen LogP contribution is 2.12. The van der Waals surface area contributed by atoms with E-state index >= 15 is 0 Å². The lowest BCUT2D eigenvalue weighted by molar-refractivity contribution is 0.0466. The third-order valence-corrected chi connectivity index (χ3v) is 4.20. The molecular formula is C24H41N3O4. The normalized spacial score (nSPS) is 12.3. The lowest BCUT2D eigenvalue weighted by atomic mass is 10.0. The maximum Gasteiger partial charge on any atom is 0.408 e. The molecule has 0 saturated heterocycles. The molecule has 0 aliphatic rings. The summed E-state index contributed by atoms with van der Waals surface area (Å²) in [5.74, 6) is 0. The zero-order valence-corrected chi connectivity index (χ0v) is 20.5. The minimum Gasteiger partial charge on any atom is -0.444 e. The van der Waals surface area contributed by atoms with Crippen LogP contribution in [0, 0.1) is 0 Å². The maximum atomic E-state index is 11.9. The van der Waals surface area contributed by atoms with Gasteiger partial charge in [-0.25, -0.2) is 9.59 Å². The van der Waals surface area contributed by atoms with Crippen LogP contribution in [-0.4, -0.2) is 42.0 Å². The molecule has 0 aromatic heterocycles. The largest absolute Gasteiger partial charge is 0.444 e. The first-order valence-corrected chi connectivity index (χ1v) is 10.9. The van der Waals surface area contributed by atoms with Gasteiger partial charge in [0.15, 0.2) is 0 Å². The second-order valence-electron chi connectivity index (χ2n) is 10.4. The monoisotopic (exact) mass is 435 g/mol. The molecule has 7 heteroatoms. The minimum absolute atomic E-state index is 0.361. The maximum absolute atomic E-state index is 11.9. The zero-order chi connectivity index (χ0) is 23.7. The molecule has 176 valence electrons. The first-order valence-electron chi connectivity index (χ1n) is 10.9. The second-order valence-corrected chi connectivity index (χ2v) is 10.4. The van der Waals surface area contributed by atoms with Crippen LogP contribution in [-0.2, 0) is 22.4 Å². The fourth-order valence-corrected chi connectivity index (χ4v) is 2.72. The van der Waals surface area contributed by atoms with E-state index in [1.54, 1.807) is 0 Å². The van der Waals surface area contributed by atoms with E-state index in [0.717, 1.165) is 31.5 Å². The van der Waals surface area contributed by atoms with Crippen molar-refractivity contribution in [2.75, 3.05) is 13.1 Å². The average molecular weight is 436 g/mol. The van der Waals surface area contributed by atoms with Crippen molar-refractivity contribution in [1.82, 2.24) is 16.0 Å². The summed E-state index contributed by atoms with van der Waals surface area (Å²) in [5, 5.41) is 9.10. The Kier molecular flexibility index (Phi) is 9.81. The second kappa shape index (κ2) is 11.4. The summed E-state index contributed by atoms with van der Waals surface area (Å²) in [6.07, 6.45) is 0.740. The van der Waals surface area contributed by atoms with E-state index in [9.17, 15) is 9.59 Å². The topological polar surface area (TPSA) is 88.7 Å². The van der Waals surface area contributed by atoms with Gasteiger partial charge in [0.05, 0.1) is 0 Å². The number of hydrogen-bond donors (Lipinski definition) is 3. The Morgan fingerprint density at radius 3 is 1.84 bits per heavy atom. The number of ether oxygens (including phenoxy) is 2. The Morgan fingerprint density at radius 2 is 1.29 bits per heavy atom. The van der Waals surface area contributed by atoms with Crippen molar-refractivity contribution in [2.24, 2.45) is 0 Å². The first-order chi connectivity index (χ1) is 14.2. The van der Waals surface area contributed by atoms with Gasteiger partial charge in [0.2, 0.25) is 0 Å². The summed E-state index contributed by atoms with van der Waals surface area (Å²) in [5.41, 5.74) is 0.987. The molecule has 1 rings (SSSR count). The van der Waals surface area contributed by atoms with Crippen LogP contribution in [0.3, 0.4) is 0 Å². The van der Waals surface area contributed by atoms with Crippen LogP contribution in [0.1, 0.15) is 72.9 Å². The Hall–Kier alpha value is -2.28. The number of alkyl carbamates (subject to hydrolysis) is 2. The summed E-state index contributed by atoms with van der Waals surface area (Å²) in [7, 11) is 0. The molecular weight excluding hydrogens is 394 g/mol. The smallest absolute Gasteiger partial charge is 0.408 e. The van der Waals surface area contributed by atoms with Crippen molar-refractivity contribution < 1.29 is 19.1 Å². The van der Waals surface area contributed by atoms with Crippen LogP contribution in [0.2, 0.25) is 0 Å². The summed E-state index contributed by atoms with van der Waals surface area (Å²) in [4.78, 5) is 23.6. The van der Waals surface area contributed by atoms with Crippen molar-refractivity contribution in [1.29, 1.82) is 0 Å². The van der Waals surface area contributed by atoms with E-state index in [1.165, 1.54) is 5.56 Å². The van der Waals surface area contributed by atoms with Crippen LogP contribution in [0.15, 0.2) is 24.3 Å². The molecule has 0 heterocycles. The Morgan fingerprint density at radius 1 is 0.774 bits per heavy atom. The average Bonchev–Trinajstić information content (AvgIpc) is 2.56. The van der Waals surface area contributed by atoms with Crippen molar-refractivity contribution in [2.45, 2.75) is 91.5 Å². The fourth-order valence-electron chi connectivity index (χ4n) is 2.72. The lowest BCUT2D eigenvalue weighted by Gasteiger charge is -2.28. The van der Waals surface area contributed by atoms with E-state index in [1.807, 2.05) is 55.4 Å². The Bertz CT molecular complexity index is 701. The van der Waals surface area contributed by atoms with E-state index in [-0.39, 0.29) is 5.54 Å². The quantitative estimate of drug-likeness (QED) is 0.496. The van der Waals surface area contributed by atoms with Gasteiger partial charge in [0, 0.05) is 18.6 Å². The van der Waals surface area contributed by atoms with Gasteiger partial charge in [-0.3, -0.25) is 0 Å². The van der Waals surface area contributed by atoms with Crippen LogP contribution < -0.4 is 16.0 Å². The number of benzene rings is 1. The van der Waals surface area contributed by atoms with Crippen molar-refractivity contribution in [3.05, 3.63) is 35.4 Å². The molecule has 0 unspecified atom stereocenters. The molecule has 0 fully saturated rings. The summed E-state index contributed by atoms with van der Waals surface area (Å²) in [6, 6.07) is 8.31. The number of nitrogens with one attached hydrogen (secondary N) is 3. The van der Waals surface area contributed by atoms with E-state index in [4.69, 9.17) is 9.47 Å². The van der Waals surface area contributed by atoms with Crippen LogP contribution in [0.4, 0.5) is 9.59 Å². The Labute approximate surface area is 187 Å². The Balaban J connectivity index is 2.30. The summed E-state index contributed by atoms with van der Waals surface area (Å²) >= 11 is 0. The molecule has 1 aromatic carbocycles. The molecule has 0 radical (unpaired) electrons. The van der Waals surface area contributed by atoms with Gasteiger partial charge in [-0.15, -0.1) is 0 Å². The first kappa shape index (κ1) is 26.8. The summed E-state index contributed by atoms with van der Waals surface area (Å²) < 4.78 is 10.5. The number of amides is 2. The van der Waals surface area contributed by atoms with Gasteiger partial charge in [0.1, 0.15) is 11.2 Å². The SMILES string of the molecule is CC(C)(CCNCc1ccc(CCNC(=O)OC(C)(C)C)cc1)NC(=O)OC(C)(C)C. The highest BCUT2D eigenvalue weighted by atomic mass is 16.6. The highest BCUT2D eigenvalue weighted by molar-refractivity contribution is 5.68.